The lowest BCUT2D eigenvalue weighted by Gasteiger charge is -2.32. The summed E-state index contributed by atoms with van der Waals surface area (Å²) in [7, 11) is 3.42. The minimum absolute atomic E-state index is 0.225. The minimum atomic E-state index is 0.225. The molecular weight excluding hydrogens is 264 g/mol. The second kappa shape index (κ2) is 6.24. The van der Waals surface area contributed by atoms with Crippen LogP contribution in [0.1, 0.15) is 37.3 Å². The smallest absolute Gasteiger partial charge is 0.123 e. The highest BCUT2D eigenvalue weighted by Gasteiger charge is 2.38. The van der Waals surface area contributed by atoms with Gasteiger partial charge in [0.25, 0.3) is 0 Å². The van der Waals surface area contributed by atoms with Crippen LogP contribution in [-0.4, -0.2) is 38.3 Å². The zero-order valence-electron chi connectivity index (χ0n) is 13.0. The van der Waals surface area contributed by atoms with Gasteiger partial charge in [0.05, 0.1) is 20.3 Å². The lowest BCUT2D eigenvalue weighted by atomic mass is 10.0. The molecule has 0 spiro atoms. The van der Waals surface area contributed by atoms with Crippen LogP contribution in [0.2, 0.25) is 0 Å². The Morgan fingerprint density at radius 1 is 1.19 bits per heavy atom. The molecule has 2 fully saturated rings. The van der Waals surface area contributed by atoms with Crippen LogP contribution in [0.25, 0.3) is 0 Å². The third-order valence-corrected chi connectivity index (χ3v) is 4.60. The van der Waals surface area contributed by atoms with E-state index in [1.807, 2.05) is 12.1 Å². The number of methoxy groups -OCH3 is 2. The molecule has 0 aromatic heterocycles. The first-order chi connectivity index (χ1) is 10.3. The van der Waals surface area contributed by atoms with Gasteiger partial charge in [0.2, 0.25) is 0 Å². The maximum atomic E-state index is 6.14. The highest BCUT2D eigenvalue weighted by molar-refractivity contribution is 5.42. The SMILES string of the molecule is COc1ccc(OC)c(C(CN)N(CC2CC2)C2CC2)c1. The molecule has 1 aromatic carbocycles. The average Bonchev–Trinajstić information content (AvgIpc) is 3.39. The zero-order chi connectivity index (χ0) is 14.8. The number of nitrogens with zero attached hydrogens (tertiary/aromatic N) is 1. The topological polar surface area (TPSA) is 47.7 Å². The van der Waals surface area contributed by atoms with Crippen LogP contribution in [-0.2, 0) is 0 Å². The van der Waals surface area contributed by atoms with Gasteiger partial charge in [-0.15, -0.1) is 0 Å². The van der Waals surface area contributed by atoms with E-state index in [1.54, 1.807) is 14.2 Å². The molecule has 21 heavy (non-hydrogen) atoms. The van der Waals surface area contributed by atoms with E-state index in [-0.39, 0.29) is 6.04 Å². The summed E-state index contributed by atoms with van der Waals surface area (Å²) >= 11 is 0. The first-order valence-electron chi connectivity index (χ1n) is 7.94. The van der Waals surface area contributed by atoms with Crippen LogP contribution in [0.4, 0.5) is 0 Å². The van der Waals surface area contributed by atoms with E-state index in [4.69, 9.17) is 15.2 Å². The first kappa shape index (κ1) is 14.7. The van der Waals surface area contributed by atoms with E-state index >= 15 is 0 Å². The molecule has 1 aromatic rings. The molecule has 2 saturated carbocycles. The summed E-state index contributed by atoms with van der Waals surface area (Å²) in [6.45, 7) is 1.79. The normalized spacial score (nSPS) is 19.6. The second-order valence-electron chi connectivity index (χ2n) is 6.23. The van der Waals surface area contributed by atoms with E-state index in [2.05, 4.69) is 11.0 Å². The molecule has 0 heterocycles. The minimum Gasteiger partial charge on any atom is -0.497 e. The van der Waals surface area contributed by atoms with Crippen molar-refractivity contribution in [3.63, 3.8) is 0 Å². The number of ether oxygens (including phenoxy) is 2. The van der Waals surface area contributed by atoms with Crippen molar-refractivity contribution < 1.29 is 9.47 Å². The van der Waals surface area contributed by atoms with E-state index in [0.29, 0.717) is 12.6 Å². The molecular formula is C17H26N2O2. The lowest BCUT2D eigenvalue weighted by molar-refractivity contribution is 0.179. The summed E-state index contributed by atoms with van der Waals surface area (Å²) < 4.78 is 10.9. The fourth-order valence-corrected chi connectivity index (χ4v) is 3.08. The van der Waals surface area contributed by atoms with E-state index in [9.17, 15) is 0 Å². The summed E-state index contributed by atoms with van der Waals surface area (Å²) in [5.41, 5.74) is 7.30. The summed E-state index contributed by atoms with van der Waals surface area (Å²) in [6.07, 6.45) is 5.34. The Bertz CT molecular complexity index is 484. The zero-order valence-corrected chi connectivity index (χ0v) is 13.0. The maximum Gasteiger partial charge on any atom is 0.123 e. The first-order valence-corrected chi connectivity index (χ1v) is 7.94. The number of hydrogen-bond donors (Lipinski definition) is 1. The molecule has 0 amide bonds. The van der Waals surface area contributed by atoms with Crippen molar-refractivity contribution in [3.05, 3.63) is 23.8 Å². The molecule has 3 rings (SSSR count). The largest absolute Gasteiger partial charge is 0.497 e. The Kier molecular flexibility index (Phi) is 4.36. The van der Waals surface area contributed by atoms with Gasteiger partial charge in [0.1, 0.15) is 11.5 Å². The molecule has 2 N–H and O–H groups in total. The fourth-order valence-electron chi connectivity index (χ4n) is 3.08. The van der Waals surface area contributed by atoms with Gasteiger partial charge in [-0.2, -0.15) is 0 Å². The van der Waals surface area contributed by atoms with E-state index < -0.39 is 0 Å². The molecule has 2 aliphatic carbocycles. The van der Waals surface area contributed by atoms with Gasteiger partial charge in [-0.25, -0.2) is 0 Å². The standard InChI is InChI=1S/C17H26N2O2/c1-20-14-7-8-17(21-2)15(9-14)16(10-18)19(13-5-6-13)11-12-3-4-12/h7-9,12-13,16H,3-6,10-11,18H2,1-2H3. The number of nitrogens with two attached hydrogens (primary N) is 1. The van der Waals surface area contributed by atoms with Crippen LogP contribution in [0.5, 0.6) is 11.5 Å². The van der Waals surface area contributed by atoms with Gasteiger partial charge in [0, 0.05) is 24.7 Å². The van der Waals surface area contributed by atoms with Crippen LogP contribution in [0.15, 0.2) is 18.2 Å². The molecule has 0 radical (unpaired) electrons. The molecule has 1 unspecified atom stereocenters. The van der Waals surface area contributed by atoms with Crippen molar-refractivity contribution in [1.29, 1.82) is 0 Å². The van der Waals surface area contributed by atoms with Gasteiger partial charge in [-0.05, 0) is 49.8 Å². The highest BCUT2D eigenvalue weighted by atomic mass is 16.5. The monoisotopic (exact) mass is 290 g/mol. The van der Waals surface area contributed by atoms with Gasteiger partial charge < -0.3 is 15.2 Å². The Labute approximate surface area is 127 Å². The predicted molar refractivity (Wildman–Crippen MR) is 83.8 cm³/mol. The third kappa shape index (κ3) is 3.33. The van der Waals surface area contributed by atoms with Gasteiger partial charge in [0.15, 0.2) is 0 Å². The van der Waals surface area contributed by atoms with Crippen molar-refractivity contribution in [1.82, 2.24) is 4.90 Å². The average molecular weight is 290 g/mol. The third-order valence-electron chi connectivity index (χ3n) is 4.60. The van der Waals surface area contributed by atoms with Crippen LogP contribution >= 0.6 is 0 Å². The van der Waals surface area contributed by atoms with E-state index in [1.165, 1.54) is 32.2 Å². The van der Waals surface area contributed by atoms with Crippen molar-refractivity contribution in [3.8, 4) is 11.5 Å². The van der Waals surface area contributed by atoms with Gasteiger partial charge in [-0.3, -0.25) is 4.90 Å². The molecule has 1 atom stereocenters. The van der Waals surface area contributed by atoms with Gasteiger partial charge in [-0.1, -0.05) is 0 Å². The summed E-state index contributed by atoms with van der Waals surface area (Å²) in [5, 5.41) is 0. The van der Waals surface area contributed by atoms with Crippen LogP contribution in [0.3, 0.4) is 0 Å². The lowest BCUT2D eigenvalue weighted by Crippen LogP contribution is -2.37. The van der Waals surface area contributed by atoms with Gasteiger partial charge >= 0.3 is 0 Å². The molecule has 0 bridgehead atoms. The molecule has 0 aliphatic heterocycles. The summed E-state index contributed by atoms with van der Waals surface area (Å²) in [5.74, 6) is 2.65. The highest BCUT2D eigenvalue weighted by Crippen LogP contribution is 2.41. The Morgan fingerprint density at radius 2 is 1.95 bits per heavy atom. The van der Waals surface area contributed by atoms with Crippen molar-refractivity contribution in [2.75, 3.05) is 27.3 Å². The van der Waals surface area contributed by atoms with Crippen molar-refractivity contribution in [2.24, 2.45) is 11.7 Å². The van der Waals surface area contributed by atoms with Crippen molar-refractivity contribution in [2.45, 2.75) is 37.8 Å². The van der Waals surface area contributed by atoms with Crippen LogP contribution in [0, 0.1) is 5.92 Å². The number of rotatable bonds is 8. The van der Waals surface area contributed by atoms with E-state index in [0.717, 1.165) is 23.0 Å². The molecule has 2 aliphatic rings. The van der Waals surface area contributed by atoms with Crippen molar-refractivity contribution >= 4 is 0 Å². The summed E-state index contributed by atoms with van der Waals surface area (Å²) in [6, 6.07) is 6.94. The maximum absolute atomic E-state index is 6.14. The molecule has 4 heteroatoms. The molecule has 0 saturated heterocycles. The summed E-state index contributed by atoms with van der Waals surface area (Å²) in [4.78, 5) is 2.61. The Hall–Kier alpha value is -1.26. The van der Waals surface area contributed by atoms with Crippen LogP contribution < -0.4 is 15.2 Å². The predicted octanol–water partition coefficient (Wildman–Crippen LogP) is 2.58. The molecule has 116 valence electrons. The second-order valence-corrected chi connectivity index (χ2v) is 6.23. The molecule has 4 nitrogen and oxygen atoms in total. The Morgan fingerprint density at radius 3 is 2.48 bits per heavy atom. The quantitative estimate of drug-likeness (QED) is 0.799. The fraction of sp³-hybridized carbons (Fsp3) is 0.647. The number of hydrogen-bond acceptors (Lipinski definition) is 4. The Balaban J connectivity index is 1.89. The number of benzene rings is 1.